The van der Waals surface area contributed by atoms with Crippen LogP contribution in [0.5, 0.6) is 0 Å². The first-order valence-corrected chi connectivity index (χ1v) is 6.10. The number of alkyl halides is 3. The summed E-state index contributed by atoms with van der Waals surface area (Å²) < 4.78 is 38.8. The molecule has 0 heterocycles. The summed E-state index contributed by atoms with van der Waals surface area (Å²) in [6.45, 7) is 0. The Morgan fingerprint density at radius 2 is 1.72 bits per heavy atom. The topological polar surface area (TPSA) is 21.3 Å². The van der Waals surface area contributed by atoms with Crippen LogP contribution in [0.2, 0.25) is 0 Å². The van der Waals surface area contributed by atoms with Crippen molar-refractivity contribution < 1.29 is 18.0 Å². The molecule has 1 N–H and O–H groups in total. The Morgan fingerprint density at radius 1 is 1.11 bits per heavy atom. The largest absolute Gasteiger partial charge is 0.410 e. The number of hydrogen-bond acceptors (Lipinski definition) is 2. The van der Waals surface area contributed by atoms with Gasteiger partial charge in [0.05, 0.1) is 6.10 Å². The SMILES string of the molecule is FC(F)(F)C(NOC1CCCC1)c1ccccc1. The standard InChI is InChI=1S/C13H16F3NO/c14-13(15,16)12(10-6-2-1-3-7-10)17-18-11-8-4-5-9-11/h1-3,6-7,11-12,17H,4-5,8-9H2. The van der Waals surface area contributed by atoms with Gasteiger partial charge in [0.2, 0.25) is 0 Å². The van der Waals surface area contributed by atoms with Crippen molar-refractivity contribution >= 4 is 0 Å². The zero-order valence-electron chi connectivity index (χ0n) is 9.91. The van der Waals surface area contributed by atoms with Crippen molar-refractivity contribution in [2.45, 2.75) is 44.0 Å². The van der Waals surface area contributed by atoms with Crippen molar-refractivity contribution in [3.8, 4) is 0 Å². The van der Waals surface area contributed by atoms with E-state index >= 15 is 0 Å². The van der Waals surface area contributed by atoms with Gasteiger partial charge in [0.25, 0.3) is 0 Å². The van der Waals surface area contributed by atoms with Crippen molar-refractivity contribution in [3.63, 3.8) is 0 Å². The van der Waals surface area contributed by atoms with Crippen LogP contribution < -0.4 is 5.48 Å². The molecule has 0 aromatic heterocycles. The predicted octanol–water partition coefficient (Wildman–Crippen LogP) is 3.75. The average molecular weight is 259 g/mol. The van der Waals surface area contributed by atoms with E-state index in [0.717, 1.165) is 25.7 Å². The van der Waals surface area contributed by atoms with Crippen LogP contribution in [0, 0.1) is 0 Å². The molecule has 5 heteroatoms. The van der Waals surface area contributed by atoms with Crippen LogP contribution in [0.3, 0.4) is 0 Å². The molecular formula is C13H16F3NO. The molecule has 1 atom stereocenters. The van der Waals surface area contributed by atoms with Gasteiger partial charge >= 0.3 is 6.18 Å². The highest BCUT2D eigenvalue weighted by Crippen LogP contribution is 2.33. The maximum absolute atomic E-state index is 12.9. The fourth-order valence-electron chi connectivity index (χ4n) is 2.14. The maximum atomic E-state index is 12.9. The summed E-state index contributed by atoms with van der Waals surface area (Å²) in [5.41, 5.74) is 2.36. The van der Waals surface area contributed by atoms with Gasteiger partial charge in [-0.2, -0.15) is 18.7 Å². The van der Waals surface area contributed by atoms with Crippen LogP contribution in [-0.4, -0.2) is 12.3 Å². The van der Waals surface area contributed by atoms with Gasteiger partial charge in [-0.3, -0.25) is 4.84 Å². The monoisotopic (exact) mass is 259 g/mol. The molecule has 1 aromatic rings. The Kier molecular flexibility index (Phi) is 4.24. The molecule has 1 aliphatic carbocycles. The number of nitrogens with one attached hydrogen (secondary N) is 1. The second-order valence-corrected chi connectivity index (χ2v) is 4.53. The van der Waals surface area contributed by atoms with Crippen molar-refractivity contribution in [1.82, 2.24) is 5.48 Å². The summed E-state index contributed by atoms with van der Waals surface area (Å²) in [5.74, 6) is 0. The maximum Gasteiger partial charge on any atom is 0.410 e. The number of rotatable bonds is 4. The molecule has 100 valence electrons. The molecule has 1 aromatic carbocycles. The molecule has 0 spiro atoms. The van der Waals surface area contributed by atoms with Gasteiger partial charge < -0.3 is 0 Å². The van der Waals surface area contributed by atoms with Crippen molar-refractivity contribution in [1.29, 1.82) is 0 Å². The molecule has 0 saturated heterocycles. The van der Waals surface area contributed by atoms with Crippen LogP contribution in [0.15, 0.2) is 30.3 Å². The minimum atomic E-state index is -4.36. The first kappa shape index (κ1) is 13.4. The van der Waals surface area contributed by atoms with E-state index in [1.165, 1.54) is 12.1 Å². The molecule has 0 radical (unpaired) electrons. The lowest BCUT2D eigenvalue weighted by Gasteiger charge is -2.23. The molecule has 0 aliphatic heterocycles. The summed E-state index contributed by atoms with van der Waals surface area (Å²) in [4.78, 5) is 5.18. The summed E-state index contributed by atoms with van der Waals surface area (Å²) in [6.07, 6.45) is -0.764. The third kappa shape index (κ3) is 3.46. The van der Waals surface area contributed by atoms with Gasteiger partial charge in [-0.1, -0.05) is 43.2 Å². The number of halogens is 3. The van der Waals surface area contributed by atoms with Gasteiger partial charge in [-0.15, -0.1) is 0 Å². The minimum Gasteiger partial charge on any atom is -0.298 e. The van der Waals surface area contributed by atoms with Crippen LogP contribution >= 0.6 is 0 Å². The van der Waals surface area contributed by atoms with E-state index < -0.39 is 12.2 Å². The molecular weight excluding hydrogens is 243 g/mol. The Labute approximate surface area is 104 Å². The zero-order valence-corrected chi connectivity index (χ0v) is 9.91. The average Bonchev–Trinajstić information content (AvgIpc) is 2.82. The first-order chi connectivity index (χ1) is 8.57. The molecule has 1 aliphatic rings. The minimum absolute atomic E-state index is 0.0986. The number of hydroxylamine groups is 1. The second kappa shape index (κ2) is 5.71. The van der Waals surface area contributed by atoms with E-state index in [1.807, 2.05) is 0 Å². The van der Waals surface area contributed by atoms with Crippen LogP contribution in [0.25, 0.3) is 0 Å². The summed E-state index contributed by atoms with van der Waals surface area (Å²) in [6, 6.07) is 6.00. The van der Waals surface area contributed by atoms with Crippen molar-refractivity contribution in [2.24, 2.45) is 0 Å². The fraction of sp³-hybridized carbons (Fsp3) is 0.538. The lowest BCUT2D eigenvalue weighted by molar-refractivity contribution is -0.195. The Balaban J connectivity index is 2.01. The van der Waals surface area contributed by atoms with E-state index in [9.17, 15) is 13.2 Å². The molecule has 1 unspecified atom stereocenters. The quantitative estimate of drug-likeness (QED) is 0.831. The number of benzene rings is 1. The molecule has 2 rings (SSSR count). The molecule has 0 bridgehead atoms. The zero-order chi connectivity index (χ0) is 13.0. The fourth-order valence-corrected chi connectivity index (χ4v) is 2.14. The molecule has 18 heavy (non-hydrogen) atoms. The highest BCUT2D eigenvalue weighted by atomic mass is 19.4. The second-order valence-electron chi connectivity index (χ2n) is 4.53. The highest BCUT2D eigenvalue weighted by molar-refractivity contribution is 5.19. The molecule has 0 amide bonds. The van der Waals surface area contributed by atoms with Crippen LogP contribution in [0.1, 0.15) is 37.3 Å². The van der Waals surface area contributed by atoms with E-state index in [1.54, 1.807) is 18.2 Å². The normalized spacial score (nSPS) is 19.1. The summed E-state index contributed by atoms with van der Waals surface area (Å²) >= 11 is 0. The summed E-state index contributed by atoms with van der Waals surface area (Å²) in [7, 11) is 0. The highest BCUT2D eigenvalue weighted by Gasteiger charge is 2.41. The molecule has 1 saturated carbocycles. The lowest BCUT2D eigenvalue weighted by Crippen LogP contribution is -2.36. The summed E-state index contributed by atoms with van der Waals surface area (Å²) in [5, 5.41) is 0. The lowest BCUT2D eigenvalue weighted by atomic mass is 10.1. The van der Waals surface area contributed by atoms with Gasteiger partial charge in [0.15, 0.2) is 6.04 Å². The van der Waals surface area contributed by atoms with E-state index in [0.29, 0.717) is 0 Å². The molecule has 2 nitrogen and oxygen atoms in total. The van der Waals surface area contributed by atoms with Gasteiger partial charge in [-0.05, 0) is 18.4 Å². The predicted molar refractivity (Wildman–Crippen MR) is 61.7 cm³/mol. The molecule has 1 fully saturated rings. The van der Waals surface area contributed by atoms with Gasteiger partial charge in [0.1, 0.15) is 0 Å². The van der Waals surface area contributed by atoms with E-state index in [2.05, 4.69) is 5.48 Å². The Hall–Kier alpha value is -1.07. The first-order valence-electron chi connectivity index (χ1n) is 6.10. The van der Waals surface area contributed by atoms with Gasteiger partial charge in [0, 0.05) is 0 Å². The third-order valence-electron chi connectivity index (χ3n) is 3.11. The Bertz CT molecular complexity index is 360. The smallest absolute Gasteiger partial charge is 0.298 e. The van der Waals surface area contributed by atoms with Crippen molar-refractivity contribution in [3.05, 3.63) is 35.9 Å². The Morgan fingerprint density at radius 3 is 2.28 bits per heavy atom. The number of hydrogen-bond donors (Lipinski definition) is 1. The van der Waals surface area contributed by atoms with Crippen molar-refractivity contribution in [2.75, 3.05) is 0 Å². The van der Waals surface area contributed by atoms with Crippen LogP contribution in [-0.2, 0) is 4.84 Å². The van der Waals surface area contributed by atoms with Gasteiger partial charge in [-0.25, -0.2) is 0 Å². The van der Waals surface area contributed by atoms with Crippen LogP contribution in [0.4, 0.5) is 13.2 Å². The van der Waals surface area contributed by atoms with E-state index in [-0.39, 0.29) is 11.7 Å². The van der Waals surface area contributed by atoms with E-state index in [4.69, 9.17) is 4.84 Å². The third-order valence-corrected chi connectivity index (χ3v) is 3.11.